The minimum atomic E-state index is 0.467. The van der Waals surface area contributed by atoms with E-state index in [0.717, 1.165) is 26.1 Å². The van der Waals surface area contributed by atoms with Gasteiger partial charge in [0.05, 0.1) is 6.10 Å². The molecule has 1 unspecified atom stereocenters. The van der Waals surface area contributed by atoms with Gasteiger partial charge in [0.2, 0.25) is 0 Å². The van der Waals surface area contributed by atoms with E-state index in [1.807, 2.05) is 7.05 Å². The van der Waals surface area contributed by atoms with E-state index in [9.17, 15) is 0 Å². The molecule has 1 aromatic carbocycles. The molecule has 102 valence electrons. The van der Waals surface area contributed by atoms with Gasteiger partial charge >= 0.3 is 0 Å². The van der Waals surface area contributed by atoms with Gasteiger partial charge in [-0.2, -0.15) is 0 Å². The zero-order valence-corrected chi connectivity index (χ0v) is 11.6. The molecule has 0 amide bonds. The number of rotatable bonds is 5. The number of fused-ring (bicyclic) bond motifs is 1. The van der Waals surface area contributed by atoms with Crippen LogP contribution in [0.4, 0.5) is 0 Å². The van der Waals surface area contributed by atoms with Crippen LogP contribution in [-0.2, 0) is 17.8 Å². The molecule has 2 aromatic rings. The highest BCUT2D eigenvalue weighted by molar-refractivity contribution is 5.83. The van der Waals surface area contributed by atoms with Crippen molar-refractivity contribution in [2.75, 3.05) is 13.7 Å². The minimum Gasteiger partial charge on any atom is -0.378 e. The Morgan fingerprint density at radius 2 is 2.26 bits per heavy atom. The number of hydrogen-bond donors (Lipinski definition) is 1. The van der Waals surface area contributed by atoms with E-state index < -0.39 is 0 Å². The zero-order valence-electron chi connectivity index (χ0n) is 11.6. The number of aryl methyl sites for hydroxylation is 1. The summed E-state index contributed by atoms with van der Waals surface area (Å²) in [6.07, 6.45) is 6.33. The lowest BCUT2D eigenvalue weighted by Crippen LogP contribution is -2.09. The van der Waals surface area contributed by atoms with Crippen molar-refractivity contribution in [1.29, 1.82) is 0 Å². The number of hydrogen-bond acceptors (Lipinski definition) is 2. The third-order valence-electron chi connectivity index (χ3n) is 3.95. The van der Waals surface area contributed by atoms with Crippen molar-refractivity contribution in [2.45, 2.75) is 38.5 Å². The fourth-order valence-electron chi connectivity index (χ4n) is 2.99. The Bertz CT molecular complexity index is 541. The van der Waals surface area contributed by atoms with Crippen LogP contribution in [0.25, 0.3) is 10.9 Å². The van der Waals surface area contributed by atoms with E-state index in [0.29, 0.717) is 6.10 Å². The summed E-state index contributed by atoms with van der Waals surface area (Å²) in [5.41, 5.74) is 2.72. The molecular formula is C16H22N2O. The van der Waals surface area contributed by atoms with Crippen LogP contribution >= 0.6 is 0 Å². The monoisotopic (exact) mass is 258 g/mol. The number of ether oxygens (including phenoxy) is 1. The van der Waals surface area contributed by atoms with Gasteiger partial charge in [0.1, 0.15) is 0 Å². The van der Waals surface area contributed by atoms with Crippen LogP contribution in [0.3, 0.4) is 0 Å². The van der Waals surface area contributed by atoms with Gasteiger partial charge < -0.3 is 14.6 Å². The van der Waals surface area contributed by atoms with Gasteiger partial charge in [-0.25, -0.2) is 0 Å². The molecular weight excluding hydrogens is 236 g/mol. The Labute approximate surface area is 114 Å². The van der Waals surface area contributed by atoms with E-state index in [4.69, 9.17) is 4.74 Å². The molecule has 0 radical (unpaired) electrons. The average molecular weight is 258 g/mol. The minimum absolute atomic E-state index is 0.467. The molecule has 0 saturated carbocycles. The van der Waals surface area contributed by atoms with Crippen molar-refractivity contribution in [2.24, 2.45) is 0 Å². The van der Waals surface area contributed by atoms with Crippen LogP contribution in [0.5, 0.6) is 0 Å². The summed E-state index contributed by atoms with van der Waals surface area (Å²) in [4.78, 5) is 0. The van der Waals surface area contributed by atoms with Gasteiger partial charge in [-0.3, -0.25) is 0 Å². The third-order valence-corrected chi connectivity index (χ3v) is 3.95. The first-order valence-electron chi connectivity index (χ1n) is 7.21. The maximum Gasteiger partial charge on any atom is 0.0593 e. The lowest BCUT2D eigenvalue weighted by molar-refractivity contribution is 0.101. The topological polar surface area (TPSA) is 26.2 Å². The molecule has 1 fully saturated rings. The maximum atomic E-state index is 5.72. The zero-order chi connectivity index (χ0) is 13.1. The summed E-state index contributed by atoms with van der Waals surface area (Å²) in [6.45, 7) is 2.92. The Morgan fingerprint density at radius 1 is 1.37 bits per heavy atom. The first kappa shape index (κ1) is 12.7. The van der Waals surface area contributed by atoms with Gasteiger partial charge in [0.25, 0.3) is 0 Å². The maximum absolute atomic E-state index is 5.72. The Morgan fingerprint density at radius 3 is 3.05 bits per heavy atom. The van der Waals surface area contributed by atoms with Crippen molar-refractivity contribution < 1.29 is 4.74 Å². The van der Waals surface area contributed by atoms with Gasteiger partial charge in [-0.15, -0.1) is 0 Å². The molecule has 19 heavy (non-hydrogen) atoms. The second-order valence-electron chi connectivity index (χ2n) is 5.32. The number of nitrogens with zero attached hydrogens (tertiary/aromatic N) is 1. The van der Waals surface area contributed by atoms with Crippen molar-refractivity contribution in [3.63, 3.8) is 0 Å². The van der Waals surface area contributed by atoms with Crippen LogP contribution in [0.2, 0.25) is 0 Å². The predicted molar refractivity (Wildman–Crippen MR) is 78.3 cm³/mol. The van der Waals surface area contributed by atoms with Crippen molar-refractivity contribution >= 4 is 10.9 Å². The molecule has 1 saturated heterocycles. The van der Waals surface area contributed by atoms with Crippen molar-refractivity contribution in [1.82, 2.24) is 9.88 Å². The standard InChI is InChI=1S/C16H22N2O/c1-17-11-13-12-18(9-8-14-5-4-10-19-14)16-7-3-2-6-15(13)16/h2-3,6-7,12,14,17H,4-5,8-11H2,1H3. The van der Waals surface area contributed by atoms with E-state index in [2.05, 4.69) is 40.3 Å². The Balaban J connectivity index is 1.81. The summed E-state index contributed by atoms with van der Waals surface area (Å²) in [5, 5.41) is 4.61. The summed E-state index contributed by atoms with van der Waals surface area (Å²) >= 11 is 0. The summed E-state index contributed by atoms with van der Waals surface area (Å²) < 4.78 is 8.09. The second-order valence-corrected chi connectivity index (χ2v) is 5.32. The molecule has 0 aliphatic carbocycles. The van der Waals surface area contributed by atoms with E-state index in [-0.39, 0.29) is 0 Å². The molecule has 3 rings (SSSR count). The molecule has 1 aliphatic heterocycles. The quantitative estimate of drug-likeness (QED) is 0.892. The molecule has 2 heterocycles. The smallest absolute Gasteiger partial charge is 0.0593 e. The number of para-hydroxylation sites is 1. The first-order valence-corrected chi connectivity index (χ1v) is 7.21. The normalized spacial score (nSPS) is 19.3. The fourth-order valence-corrected chi connectivity index (χ4v) is 2.99. The molecule has 0 bridgehead atoms. The van der Waals surface area contributed by atoms with Crippen LogP contribution in [0, 0.1) is 0 Å². The Hall–Kier alpha value is -1.32. The molecule has 3 heteroatoms. The van der Waals surface area contributed by atoms with Crippen LogP contribution in [0.15, 0.2) is 30.5 Å². The molecule has 1 aromatic heterocycles. The summed E-state index contributed by atoms with van der Waals surface area (Å²) in [7, 11) is 2.00. The second kappa shape index (κ2) is 5.76. The average Bonchev–Trinajstić information content (AvgIpc) is 3.06. The number of nitrogens with one attached hydrogen (secondary N) is 1. The van der Waals surface area contributed by atoms with Crippen LogP contribution in [-0.4, -0.2) is 24.3 Å². The van der Waals surface area contributed by atoms with Crippen molar-refractivity contribution in [3.05, 3.63) is 36.0 Å². The lowest BCUT2D eigenvalue weighted by atomic mass is 10.2. The largest absolute Gasteiger partial charge is 0.378 e. The fraction of sp³-hybridized carbons (Fsp3) is 0.500. The lowest BCUT2D eigenvalue weighted by Gasteiger charge is -2.10. The third kappa shape index (κ3) is 2.67. The van der Waals surface area contributed by atoms with E-state index in [1.165, 1.54) is 29.3 Å². The van der Waals surface area contributed by atoms with E-state index in [1.54, 1.807) is 0 Å². The molecule has 1 N–H and O–H groups in total. The summed E-state index contributed by atoms with van der Waals surface area (Å²) in [6, 6.07) is 8.66. The number of aromatic nitrogens is 1. The highest BCUT2D eigenvalue weighted by Crippen LogP contribution is 2.23. The molecule has 1 atom stereocenters. The van der Waals surface area contributed by atoms with Gasteiger partial charge in [-0.1, -0.05) is 18.2 Å². The predicted octanol–water partition coefficient (Wildman–Crippen LogP) is 2.93. The SMILES string of the molecule is CNCc1cn(CCC2CCCO2)c2ccccc12. The van der Waals surface area contributed by atoms with Crippen LogP contribution < -0.4 is 5.32 Å². The van der Waals surface area contributed by atoms with E-state index >= 15 is 0 Å². The highest BCUT2D eigenvalue weighted by atomic mass is 16.5. The van der Waals surface area contributed by atoms with Gasteiger partial charge in [-0.05, 0) is 37.9 Å². The summed E-state index contributed by atoms with van der Waals surface area (Å²) in [5.74, 6) is 0. The van der Waals surface area contributed by atoms with Gasteiger partial charge in [0, 0.05) is 36.8 Å². The molecule has 1 aliphatic rings. The molecule has 3 nitrogen and oxygen atoms in total. The molecule has 0 spiro atoms. The number of benzene rings is 1. The highest BCUT2D eigenvalue weighted by Gasteiger charge is 2.16. The Kier molecular flexibility index (Phi) is 3.85. The first-order chi connectivity index (χ1) is 9.38. The van der Waals surface area contributed by atoms with Crippen LogP contribution in [0.1, 0.15) is 24.8 Å². The van der Waals surface area contributed by atoms with Crippen molar-refractivity contribution in [3.8, 4) is 0 Å². The van der Waals surface area contributed by atoms with Gasteiger partial charge in [0.15, 0.2) is 0 Å².